The first-order valence-corrected chi connectivity index (χ1v) is 4.91. The van der Waals surface area contributed by atoms with Gasteiger partial charge in [-0.05, 0) is 17.7 Å². The Morgan fingerprint density at radius 2 is 1.93 bits per heavy atom. The van der Waals surface area contributed by atoms with E-state index >= 15 is 0 Å². The van der Waals surface area contributed by atoms with Gasteiger partial charge in [-0.25, -0.2) is 0 Å². The van der Waals surface area contributed by atoms with Crippen LogP contribution in [0.2, 0.25) is 5.02 Å². The van der Waals surface area contributed by atoms with Crippen LogP contribution < -0.4 is 0 Å². The monoisotopic (exact) mass is 249 g/mol. The lowest BCUT2D eigenvalue weighted by molar-refractivity contribution is -0.384. The van der Waals surface area contributed by atoms with Gasteiger partial charge in [0.15, 0.2) is 0 Å². The number of rotatable bonds is 2. The van der Waals surface area contributed by atoms with E-state index in [1.807, 2.05) is 13.8 Å². The van der Waals surface area contributed by atoms with Crippen molar-refractivity contribution >= 4 is 34.1 Å². The number of benzene rings is 1. The lowest BCUT2D eigenvalue weighted by atomic mass is 10.2. The maximum Gasteiger partial charge on any atom is 0.270 e. The molecule has 0 aromatic heterocycles. The summed E-state index contributed by atoms with van der Waals surface area (Å²) in [5.41, 5.74) is -0.272. The summed E-state index contributed by atoms with van der Waals surface area (Å²) in [6.07, 6.45) is 0. The molecular weight excluding hydrogens is 241 g/mol. The molecule has 0 amide bonds. The third-order valence-corrected chi connectivity index (χ3v) is 1.91. The second-order valence-corrected chi connectivity index (χ2v) is 2.95. The van der Waals surface area contributed by atoms with E-state index in [4.69, 9.17) is 23.2 Å². The zero-order valence-electron chi connectivity index (χ0n) is 8.16. The number of nitro benzene ring substituents is 1. The maximum absolute atomic E-state index is 10.7. The minimum Gasteiger partial charge on any atom is -0.276 e. The van der Waals surface area contributed by atoms with Crippen molar-refractivity contribution in [3.63, 3.8) is 0 Å². The highest BCUT2D eigenvalue weighted by Gasteiger charge is 2.13. The number of carbonyl (C=O) groups is 1. The summed E-state index contributed by atoms with van der Waals surface area (Å²) >= 11 is 10.7. The Morgan fingerprint density at radius 3 is 2.33 bits per heavy atom. The molecule has 0 spiro atoms. The molecule has 1 aromatic rings. The van der Waals surface area contributed by atoms with Gasteiger partial charge in [0.1, 0.15) is 0 Å². The van der Waals surface area contributed by atoms with Gasteiger partial charge >= 0.3 is 0 Å². The van der Waals surface area contributed by atoms with Crippen LogP contribution in [-0.2, 0) is 0 Å². The van der Waals surface area contributed by atoms with Crippen molar-refractivity contribution in [1.29, 1.82) is 0 Å². The summed E-state index contributed by atoms with van der Waals surface area (Å²) in [7, 11) is 0. The van der Waals surface area contributed by atoms with Crippen molar-refractivity contribution in [2.45, 2.75) is 13.8 Å². The Bertz CT molecular complexity index is 380. The molecule has 82 valence electrons. The van der Waals surface area contributed by atoms with Crippen molar-refractivity contribution in [2.24, 2.45) is 0 Å². The van der Waals surface area contributed by atoms with Crippen LogP contribution in [0.25, 0.3) is 0 Å². The van der Waals surface area contributed by atoms with Gasteiger partial charge in [-0.3, -0.25) is 14.9 Å². The fourth-order valence-corrected chi connectivity index (χ4v) is 1.19. The molecule has 0 N–H and O–H groups in total. The highest BCUT2D eigenvalue weighted by atomic mass is 35.5. The molecule has 1 rings (SSSR count). The SMILES string of the molecule is CC.O=C(Cl)c1cc([N+](=O)[O-])ccc1Cl. The third-order valence-electron chi connectivity index (χ3n) is 1.37. The number of carbonyl (C=O) groups excluding carboxylic acids is 1. The second-order valence-electron chi connectivity index (χ2n) is 2.19. The van der Waals surface area contributed by atoms with Crippen LogP contribution in [0.1, 0.15) is 24.2 Å². The number of halogens is 2. The average Bonchev–Trinajstić information content (AvgIpc) is 2.20. The van der Waals surface area contributed by atoms with Crippen molar-refractivity contribution < 1.29 is 9.72 Å². The molecular formula is C9H9Cl2NO3. The number of non-ortho nitro benzene ring substituents is 1. The molecule has 0 fully saturated rings. The fraction of sp³-hybridized carbons (Fsp3) is 0.222. The standard InChI is InChI=1S/C7H3Cl2NO3.C2H6/c8-6-2-1-4(10(12)13)3-5(6)7(9)11;1-2/h1-3H;1-2H3. The molecule has 0 unspecified atom stereocenters. The predicted octanol–water partition coefficient (Wildman–Crippen LogP) is 3.65. The zero-order chi connectivity index (χ0) is 12.0. The molecule has 0 heterocycles. The Morgan fingerprint density at radius 1 is 1.40 bits per heavy atom. The fourth-order valence-electron chi connectivity index (χ4n) is 0.777. The van der Waals surface area contributed by atoms with E-state index in [0.717, 1.165) is 6.07 Å². The Balaban J connectivity index is 0.000000921. The van der Waals surface area contributed by atoms with Gasteiger partial charge in [0.25, 0.3) is 10.9 Å². The van der Waals surface area contributed by atoms with Gasteiger partial charge in [0.05, 0.1) is 15.5 Å². The summed E-state index contributed by atoms with van der Waals surface area (Å²) in [6, 6.07) is 3.50. The quantitative estimate of drug-likeness (QED) is 0.457. The van der Waals surface area contributed by atoms with Gasteiger partial charge in [-0.2, -0.15) is 0 Å². The van der Waals surface area contributed by atoms with Gasteiger partial charge in [0, 0.05) is 12.1 Å². The van der Waals surface area contributed by atoms with Crippen LogP contribution in [0.15, 0.2) is 18.2 Å². The van der Waals surface area contributed by atoms with E-state index in [1.165, 1.54) is 12.1 Å². The lowest BCUT2D eigenvalue weighted by Crippen LogP contribution is -1.94. The predicted molar refractivity (Wildman–Crippen MR) is 59.6 cm³/mol. The average molecular weight is 250 g/mol. The van der Waals surface area contributed by atoms with E-state index in [2.05, 4.69) is 0 Å². The number of hydrogen-bond donors (Lipinski definition) is 0. The molecule has 0 saturated heterocycles. The topological polar surface area (TPSA) is 60.2 Å². The van der Waals surface area contributed by atoms with E-state index in [1.54, 1.807) is 0 Å². The van der Waals surface area contributed by atoms with E-state index in [0.29, 0.717) is 0 Å². The smallest absolute Gasteiger partial charge is 0.270 e. The van der Waals surface area contributed by atoms with Gasteiger partial charge in [0.2, 0.25) is 0 Å². The molecule has 4 nitrogen and oxygen atoms in total. The molecule has 0 radical (unpaired) electrons. The maximum atomic E-state index is 10.7. The molecule has 1 aromatic carbocycles. The molecule has 15 heavy (non-hydrogen) atoms. The summed E-state index contributed by atoms with van der Waals surface area (Å²) in [5.74, 6) is 0. The van der Waals surface area contributed by atoms with Crippen LogP contribution in [0.3, 0.4) is 0 Å². The Hall–Kier alpha value is -1.13. The van der Waals surface area contributed by atoms with Crippen molar-refractivity contribution in [3.8, 4) is 0 Å². The van der Waals surface area contributed by atoms with Gasteiger partial charge in [-0.1, -0.05) is 25.4 Å². The second kappa shape index (κ2) is 6.37. The summed E-state index contributed by atoms with van der Waals surface area (Å²) in [5, 5.41) is 9.59. The minimum atomic E-state index is -0.811. The lowest BCUT2D eigenvalue weighted by Gasteiger charge is -1.97. The van der Waals surface area contributed by atoms with Crippen molar-refractivity contribution in [2.75, 3.05) is 0 Å². The molecule has 0 saturated carbocycles. The van der Waals surface area contributed by atoms with Gasteiger partial charge < -0.3 is 0 Å². The summed E-state index contributed by atoms with van der Waals surface area (Å²) in [6.45, 7) is 4.00. The van der Waals surface area contributed by atoms with Crippen LogP contribution in [-0.4, -0.2) is 10.2 Å². The molecule has 0 aliphatic rings. The molecule has 0 bridgehead atoms. The van der Waals surface area contributed by atoms with Gasteiger partial charge in [-0.15, -0.1) is 0 Å². The first kappa shape index (κ1) is 13.9. The number of nitrogens with zero attached hydrogens (tertiary/aromatic N) is 1. The Kier molecular flexibility index (Phi) is 5.89. The first-order chi connectivity index (χ1) is 7.02. The van der Waals surface area contributed by atoms with E-state index < -0.39 is 10.2 Å². The van der Waals surface area contributed by atoms with Crippen LogP contribution in [0.5, 0.6) is 0 Å². The summed E-state index contributed by atoms with van der Waals surface area (Å²) in [4.78, 5) is 20.4. The number of nitro groups is 1. The molecule has 0 aliphatic carbocycles. The molecule has 0 aliphatic heterocycles. The first-order valence-electron chi connectivity index (χ1n) is 4.16. The highest BCUT2D eigenvalue weighted by Crippen LogP contribution is 2.23. The van der Waals surface area contributed by atoms with Crippen molar-refractivity contribution in [3.05, 3.63) is 38.9 Å². The van der Waals surface area contributed by atoms with Crippen molar-refractivity contribution in [1.82, 2.24) is 0 Å². The normalized spacial score (nSPS) is 8.80. The molecule has 6 heteroatoms. The summed E-state index contributed by atoms with van der Waals surface area (Å²) < 4.78 is 0. The zero-order valence-corrected chi connectivity index (χ0v) is 9.67. The minimum absolute atomic E-state index is 0.0578. The van der Waals surface area contributed by atoms with Crippen LogP contribution in [0, 0.1) is 10.1 Å². The largest absolute Gasteiger partial charge is 0.276 e. The van der Waals surface area contributed by atoms with Crippen LogP contribution >= 0.6 is 23.2 Å². The number of hydrogen-bond acceptors (Lipinski definition) is 3. The van der Waals surface area contributed by atoms with E-state index in [9.17, 15) is 14.9 Å². The van der Waals surface area contributed by atoms with E-state index in [-0.39, 0.29) is 16.3 Å². The third kappa shape index (κ3) is 3.85. The highest BCUT2D eigenvalue weighted by molar-refractivity contribution is 6.68. The van der Waals surface area contributed by atoms with Crippen LogP contribution in [0.4, 0.5) is 5.69 Å². The molecule has 0 atom stereocenters. The Labute approximate surface area is 97.0 Å².